The monoisotopic (exact) mass is 369 g/mol. The molecule has 9 heteroatoms. The van der Waals surface area contributed by atoms with Crippen molar-refractivity contribution >= 4 is 34.8 Å². The summed E-state index contributed by atoms with van der Waals surface area (Å²) in [7, 11) is 0. The Morgan fingerprint density at radius 2 is 1.85 bits per heavy atom. The van der Waals surface area contributed by atoms with E-state index in [0.29, 0.717) is 16.5 Å². The molecule has 1 aromatic heterocycles. The number of anilines is 2. The van der Waals surface area contributed by atoms with E-state index in [1.54, 1.807) is 28.9 Å². The van der Waals surface area contributed by atoms with E-state index >= 15 is 0 Å². The minimum absolute atomic E-state index is 0.244. The predicted molar refractivity (Wildman–Crippen MR) is 101 cm³/mol. The first-order valence-corrected chi connectivity index (χ1v) is 8.10. The summed E-state index contributed by atoms with van der Waals surface area (Å²) in [6.45, 7) is 0.244. The van der Waals surface area contributed by atoms with E-state index in [1.807, 2.05) is 30.3 Å². The average molecular weight is 370 g/mol. The van der Waals surface area contributed by atoms with Crippen molar-refractivity contribution in [2.24, 2.45) is 5.10 Å². The quantitative estimate of drug-likeness (QED) is 0.365. The lowest BCUT2D eigenvalue weighted by atomic mass is 10.3. The minimum atomic E-state index is -0.430. The standard InChI is InChI=1S/C17H16ClN7O/c18-13-6-8-14(9-7-13)21-17(26)22-16(10-25-12-19-11-20-25)24-23-15-4-2-1-3-5-15/h1-9,11-12,23H,10H2,(H2,21,22,24,26). The van der Waals surface area contributed by atoms with Gasteiger partial charge in [-0.1, -0.05) is 29.8 Å². The van der Waals surface area contributed by atoms with Crippen LogP contribution in [0.5, 0.6) is 0 Å². The van der Waals surface area contributed by atoms with Gasteiger partial charge in [-0.3, -0.25) is 10.7 Å². The number of amides is 2. The molecular weight excluding hydrogens is 354 g/mol. The lowest BCUT2D eigenvalue weighted by Crippen LogP contribution is -2.37. The molecule has 2 aromatic carbocycles. The van der Waals surface area contributed by atoms with Gasteiger partial charge in [-0.05, 0) is 36.4 Å². The number of halogens is 1. The summed E-state index contributed by atoms with van der Waals surface area (Å²) in [5, 5.41) is 14.3. The first-order chi connectivity index (χ1) is 12.7. The Kier molecular flexibility index (Phi) is 5.79. The number of hydrazone groups is 1. The third-order valence-corrected chi connectivity index (χ3v) is 3.48. The van der Waals surface area contributed by atoms with E-state index < -0.39 is 6.03 Å². The summed E-state index contributed by atoms with van der Waals surface area (Å²) in [5.41, 5.74) is 4.31. The van der Waals surface area contributed by atoms with Crippen LogP contribution in [0.1, 0.15) is 0 Å². The number of amidine groups is 1. The Labute approximate surface area is 154 Å². The van der Waals surface area contributed by atoms with Crippen LogP contribution in [0.3, 0.4) is 0 Å². The topological polar surface area (TPSA) is 96.2 Å². The van der Waals surface area contributed by atoms with Crippen LogP contribution in [-0.4, -0.2) is 26.6 Å². The van der Waals surface area contributed by atoms with E-state index in [9.17, 15) is 4.79 Å². The van der Waals surface area contributed by atoms with E-state index in [-0.39, 0.29) is 6.54 Å². The zero-order valence-electron chi connectivity index (χ0n) is 13.6. The molecule has 0 bridgehead atoms. The van der Waals surface area contributed by atoms with Crippen molar-refractivity contribution in [1.82, 2.24) is 20.1 Å². The molecule has 0 aliphatic carbocycles. The Hall–Kier alpha value is -3.39. The number of aromatic nitrogens is 3. The highest BCUT2D eigenvalue weighted by molar-refractivity contribution is 6.30. The fourth-order valence-electron chi connectivity index (χ4n) is 2.04. The molecule has 132 valence electrons. The number of carbonyl (C=O) groups excluding carboxylic acids is 1. The Balaban J connectivity index is 1.67. The molecule has 0 aliphatic rings. The molecule has 3 aromatic rings. The van der Waals surface area contributed by atoms with Crippen LogP contribution >= 0.6 is 11.6 Å². The van der Waals surface area contributed by atoms with Gasteiger partial charge in [-0.2, -0.15) is 10.2 Å². The summed E-state index contributed by atoms with van der Waals surface area (Å²) in [6.07, 6.45) is 2.95. The van der Waals surface area contributed by atoms with Gasteiger partial charge in [0.2, 0.25) is 0 Å². The van der Waals surface area contributed by atoms with Crippen LogP contribution in [0.2, 0.25) is 5.02 Å². The van der Waals surface area contributed by atoms with Crippen molar-refractivity contribution in [1.29, 1.82) is 0 Å². The number of nitrogens with zero attached hydrogens (tertiary/aromatic N) is 4. The Morgan fingerprint density at radius 3 is 2.54 bits per heavy atom. The minimum Gasteiger partial charge on any atom is -0.308 e. The van der Waals surface area contributed by atoms with Crippen molar-refractivity contribution in [2.45, 2.75) is 6.54 Å². The molecule has 0 saturated heterocycles. The largest absolute Gasteiger partial charge is 0.324 e. The molecule has 1 heterocycles. The molecular formula is C17H16ClN7O. The molecule has 0 radical (unpaired) electrons. The molecule has 0 atom stereocenters. The second kappa shape index (κ2) is 8.63. The number of hydrogen-bond acceptors (Lipinski definition) is 5. The van der Waals surface area contributed by atoms with Gasteiger partial charge in [0.25, 0.3) is 0 Å². The summed E-state index contributed by atoms with van der Waals surface area (Å²) >= 11 is 5.84. The van der Waals surface area contributed by atoms with Crippen LogP contribution in [0.4, 0.5) is 16.2 Å². The molecule has 0 unspecified atom stereocenters. The molecule has 3 N–H and O–H groups in total. The van der Waals surface area contributed by atoms with Crippen LogP contribution in [0, 0.1) is 0 Å². The van der Waals surface area contributed by atoms with E-state index in [2.05, 4.69) is 31.2 Å². The van der Waals surface area contributed by atoms with Crippen molar-refractivity contribution in [3.63, 3.8) is 0 Å². The van der Waals surface area contributed by atoms with Crippen molar-refractivity contribution in [3.8, 4) is 0 Å². The third kappa shape index (κ3) is 5.32. The zero-order valence-corrected chi connectivity index (χ0v) is 14.4. The Bertz CT molecular complexity index is 864. The maximum Gasteiger partial charge on any atom is 0.324 e. The smallest absolute Gasteiger partial charge is 0.308 e. The summed E-state index contributed by atoms with van der Waals surface area (Å²) < 4.78 is 1.55. The summed E-state index contributed by atoms with van der Waals surface area (Å²) in [6, 6.07) is 15.8. The number of para-hydroxylation sites is 1. The number of rotatable bonds is 5. The van der Waals surface area contributed by atoms with Gasteiger partial charge >= 0.3 is 6.03 Å². The normalized spacial score (nSPS) is 11.0. The van der Waals surface area contributed by atoms with Gasteiger partial charge in [0, 0.05) is 10.7 Å². The van der Waals surface area contributed by atoms with Gasteiger partial charge in [-0.25, -0.2) is 14.5 Å². The van der Waals surface area contributed by atoms with Gasteiger partial charge in [0.1, 0.15) is 19.2 Å². The second-order valence-corrected chi connectivity index (χ2v) is 5.65. The van der Waals surface area contributed by atoms with Gasteiger partial charge < -0.3 is 5.32 Å². The van der Waals surface area contributed by atoms with E-state index in [0.717, 1.165) is 5.69 Å². The van der Waals surface area contributed by atoms with Crippen molar-refractivity contribution < 1.29 is 4.79 Å². The first kappa shape index (κ1) is 17.4. The molecule has 8 nitrogen and oxygen atoms in total. The fourth-order valence-corrected chi connectivity index (χ4v) is 2.17. The SMILES string of the molecule is O=C(N/C(Cn1cncn1)=N\Nc1ccccc1)Nc1ccc(Cl)cc1. The molecule has 0 spiro atoms. The number of nitrogens with one attached hydrogen (secondary N) is 3. The van der Waals surface area contributed by atoms with Crippen molar-refractivity contribution in [3.05, 3.63) is 72.3 Å². The average Bonchev–Trinajstić information content (AvgIpc) is 3.15. The Morgan fingerprint density at radius 1 is 1.08 bits per heavy atom. The van der Waals surface area contributed by atoms with Crippen LogP contribution in [0.25, 0.3) is 0 Å². The molecule has 0 fully saturated rings. The van der Waals surface area contributed by atoms with Crippen LogP contribution in [-0.2, 0) is 6.54 Å². The maximum absolute atomic E-state index is 12.2. The molecule has 3 rings (SSSR count). The van der Waals surface area contributed by atoms with Crippen LogP contribution < -0.4 is 16.1 Å². The highest BCUT2D eigenvalue weighted by atomic mass is 35.5. The second-order valence-electron chi connectivity index (χ2n) is 5.22. The number of benzene rings is 2. The third-order valence-electron chi connectivity index (χ3n) is 3.23. The lowest BCUT2D eigenvalue weighted by Gasteiger charge is -2.11. The maximum atomic E-state index is 12.2. The number of carbonyl (C=O) groups is 1. The van der Waals surface area contributed by atoms with E-state index in [1.165, 1.54) is 12.7 Å². The number of hydrogen-bond donors (Lipinski definition) is 3. The zero-order chi connectivity index (χ0) is 18.2. The predicted octanol–water partition coefficient (Wildman–Crippen LogP) is 3.18. The van der Waals surface area contributed by atoms with Gasteiger partial charge in [-0.15, -0.1) is 0 Å². The molecule has 26 heavy (non-hydrogen) atoms. The van der Waals surface area contributed by atoms with Gasteiger partial charge in [0.05, 0.1) is 5.69 Å². The highest BCUT2D eigenvalue weighted by Crippen LogP contribution is 2.13. The highest BCUT2D eigenvalue weighted by Gasteiger charge is 2.08. The lowest BCUT2D eigenvalue weighted by molar-refractivity contribution is 0.256. The van der Waals surface area contributed by atoms with Gasteiger partial charge in [0.15, 0.2) is 5.84 Å². The van der Waals surface area contributed by atoms with Crippen molar-refractivity contribution in [2.75, 3.05) is 10.7 Å². The first-order valence-electron chi connectivity index (χ1n) is 7.72. The van der Waals surface area contributed by atoms with Crippen LogP contribution in [0.15, 0.2) is 72.4 Å². The van der Waals surface area contributed by atoms with E-state index in [4.69, 9.17) is 11.6 Å². The number of urea groups is 1. The fraction of sp³-hybridized carbons (Fsp3) is 0.0588. The summed E-state index contributed by atoms with van der Waals surface area (Å²) in [5.74, 6) is 0.366. The molecule has 0 aliphatic heterocycles. The molecule has 0 saturated carbocycles. The molecule has 2 amide bonds. The summed E-state index contributed by atoms with van der Waals surface area (Å²) in [4.78, 5) is 16.1.